The van der Waals surface area contributed by atoms with Gasteiger partial charge >= 0.3 is 0 Å². The Hall–Kier alpha value is -0.710. The maximum Gasteiger partial charge on any atom is 0.167 e. The number of benzene rings is 1. The summed E-state index contributed by atoms with van der Waals surface area (Å²) in [5.41, 5.74) is 0. The first-order valence-corrected chi connectivity index (χ1v) is 7.03. The molecule has 0 radical (unpaired) electrons. The summed E-state index contributed by atoms with van der Waals surface area (Å²) in [7, 11) is 4.20. The fourth-order valence-electron chi connectivity index (χ4n) is 1.45. The molecule has 0 atom stereocenters. The van der Waals surface area contributed by atoms with Crippen molar-refractivity contribution in [3.8, 4) is 0 Å². The lowest BCUT2D eigenvalue weighted by Gasteiger charge is -2.06. The van der Waals surface area contributed by atoms with Gasteiger partial charge in [-0.3, -0.25) is 4.99 Å². The van der Waals surface area contributed by atoms with E-state index >= 15 is 0 Å². The van der Waals surface area contributed by atoms with Crippen molar-refractivity contribution in [2.24, 2.45) is 4.99 Å². The van der Waals surface area contributed by atoms with Gasteiger partial charge in [-0.05, 0) is 39.2 Å². The van der Waals surface area contributed by atoms with E-state index in [0.29, 0.717) is 0 Å². The fraction of sp³-hybridized carbons (Fsp3) is 0.417. The molecule has 1 aromatic carbocycles. The zero-order valence-corrected chi connectivity index (χ0v) is 11.3. The lowest BCUT2D eigenvalue weighted by atomic mass is 10.4. The molecule has 0 aliphatic rings. The summed E-state index contributed by atoms with van der Waals surface area (Å²) in [4.78, 5) is 6.82. The maximum absolute atomic E-state index is 4.63. The van der Waals surface area contributed by atoms with Crippen LogP contribution in [0.2, 0.25) is 0 Å². The van der Waals surface area contributed by atoms with Crippen molar-refractivity contribution < 1.29 is 0 Å². The lowest BCUT2D eigenvalue weighted by Crippen LogP contribution is -2.13. The third kappa shape index (κ3) is 3.14. The Labute approximate surface area is 104 Å². The minimum atomic E-state index is 0.932. The molecule has 0 N–H and O–H groups in total. The van der Waals surface area contributed by atoms with Crippen LogP contribution in [0.15, 0.2) is 29.3 Å². The number of nitrogens with zero attached hydrogens (tertiary/aromatic N) is 2. The van der Waals surface area contributed by atoms with Gasteiger partial charge in [-0.2, -0.15) is 0 Å². The van der Waals surface area contributed by atoms with Gasteiger partial charge in [-0.1, -0.05) is 12.1 Å². The summed E-state index contributed by atoms with van der Waals surface area (Å²) in [6, 6.07) is 8.49. The molecule has 0 amide bonds. The van der Waals surface area contributed by atoms with Crippen LogP contribution in [-0.4, -0.2) is 32.1 Å². The van der Waals surface area contributed by atoms with E-state index in [1.54, 1.807) is 22.7 Å². The lowest BCUT2D eigenvalue weighted by molar-refractivity contribution is 0.403. The van der Waals surface area contributed by atoms with Crippen LogP contribution < -0.4 is 3.98 Å². The molecule has 0 aliphatic carbocycles. The van der Waals surface area contributed by atoms with E-state index in [9.17, 15) is 0 Å². The SMILES string of the molecule is CN(C)CCCN=c1sc2ccccc2s1. The van der Waals surface area contributed by atoms with Gasteiger partial charge in [0.25, 0.3) is 0 Å². The molecule has 0 spiro atoms. The van der Waals surface area contributed by atoms with Gasteiger partial charge in [0.1, 0.15) is 0 Å². The summed E-state index contributed by atoms with van der Waals surface area (Å²) in [6.45, 7) is 2.04. The van der Waals surface area contributed by atoms with E-state index in [2.05, 4.69) is 48.3 Å². The van der Waals surface area contributed by atoms with Crippen LogP contribution in [0, 0.1) is 0 Å². The second-order valence-corrected chi connectivity index (χ2v) is 6.28. The van der Waals surface area contributed by atoms with Crippen molar-refractivity contribution in [2.45, 2.75) is 6.42 Å². The Bertz CT molecular complexity index is 475. The summed E-state index contributed by atoms with van der Waals surface area (Å²) >= 11 is 3.59. The minimum Gasteiger partial charge on any atom is -0.309 e. The Balaban J connectivity index is 2.05. The molecule has 1 heterocycles. The molecule has 0 bridgehead atoms. The van der Waals surface area contributed by atoms with E-state index in [0.717, 1.165) is 19.5 Å². The standard InChI is InChI=1S/C12H16N2S2/c1-14(2)9-5-8-13-12-15-10-6-3-4-7-11(10)16-12/h3-4,6-7H,5,8-9H2,1-2H3. The largest absolute Gasteiger partial charge is 0.309 e. The van der Waals surface area contributed by atoms with Crippen LogP contribution in [0.25, 0.3) is 9.40 Å². The monoisotopic (exact) mass is 252 g/mol. The zero-order chi connectivity index (χ0) is 11.4. The number of fused-ring (bicyclic) bond motifs is 1. The second-order valence-electron chi connectivity index (χ2n) is 3.96. The molecular weight excluding hydrogens is 236 g/mol. The highest BCUT2D eigenvalue weighted by atomic mass is 32.2. The quantitative estimate of drug-likeness (QED) is 0.764. The van der Waals surface area contributed by atoms with Crippen LogP contribution in [0.1, 0.15) is 6.42 Å². The van der Waals surface area contributed by atoms with Gasteiger partial charge in [0.05, 0.1) is 0 Å². The first-order valence-electron chi connectivity index (χ1n) is 5.39. The molecule has 1 aromatic heterocycles. The van der Waals surface area contributed by atoms with Gasteiger partial charge in [-0.25, -0.2) is 0 Å². The van der Waals surface area contributed by atoms with Crippen LogP contribution in [0.3, 0.4) is 0 Å². The van der Waals surface area contributed by atoms with Crippen LogP contribution in [0.4, 0.5) is 0 Å². The molecule has 0 fully saturated rings. The normalized spacial score (nSPS) is 11.2. The molecule has 0 aliphatic heterocycles. The van der Waals surface area contributed by atoms with Crippen LogP contribution in [-0.2, 0) is 0 Å². The van der Waals surface area contributed by atoms with Crippen molar-refractivity contribution in [3.05, 3.63) is 28.3 Å². The van der Waals surface area contributed by atoms with Crippen molar-refractivity contribution in [1.29, 1.82) is 0 Å². The Morgan fingerprint density at radius 1 is 1.12 bits per heavy atom. The summed E-state index contributed by atoms with van der Waals surface area (Å²) in [6.07, 6.45) is 1.13. The van der Waals surface area contributed by atoms with Crippen LogP contribution >= 0.6 is 22.7 Å². The molecular formula is C12H16N2S2. The first kappa shape index (κ1) is 11.8. The Morgan fingerprint density at radius 2 is 1.75 bits per heavy atom. The zero-order valence-electron chi connectivity index (χ0n) is 9.64. The minimum absolute atomic E-state index is 0.932. The van der Waals surface area contributed by atoms with Gasteiger partial charge < -0.3 is 4.90 Å². The topological polar surface area (TPSA) is 15.6 Å². The van der Waals surface area contributed by atoms with Gasteiger partial charge in [0.2, 0.25) is 0 Å². The summed E-state index contributed by atoms with van der Waals surface area (Å²) in [5.74, 6) is 0. The predicted molar refractivity (Wildman–Crippen MR) is 73.3 cm³/mol. The molecule has 2 rings (SSSR count). The highest BCUT2D eigenvalue weighted by Crippen LogP contribution is 2.20. The number of rotatable bonds is 4. The molecule has 2 nitrogen and oxygen atoms in total. The third-order valence-corrected chi connectivity index (χ3v) is 4.64. The fourth-order valence-corrected chi connectivity index (χ4v) is 3.72. The van der Waals surface area contributed by atoms with E-state index in [4.69, 9.17) is 0 Å². The van der Waals surface area contributed by atoms with Crippen molar-refractivity contribution in [1.82, 2.24) is 4.90 Å². The average Bonchev–Trinajstić information content (AvgIpc) is 2.66. The van der Waals surface area contributed by atoms with Crippen molar-refractivity contribution in [3.63, 3.8) is 0 Å². The van der Waals surface area contributed by atoms with E-state index in [-0.39, 0.29) is 0 Å². The molecule has 2 aromatic rings. The van der Waals surface area contributed by atoms with Gasteiger partial charge in [-0.15, -0.1) is 22.7 Å². The highest BCUT2D eigenvalue weighted by molar-refractivity contribution is 7.35. The van der Waals surface area contributed by atoms with E-state index < -0.39 is 0 Å². The third-order valence-electron chi connectivity index (χ3n) is 2.25. The Morgan fingerprint density at radius 3 is 2.31 bits per heavy atom. The van der Waals surface area contributed by atoms with Crippen molar-refractivity contribution in [2.75, 3.05) is 27.2 Å². The Kier molecular flexibility index (Phi) is 4.09. The predicted octanol–water partition coefficient (Wildman–Crippen LogP) is 2.82. The van der Waals surface area contributed by atoms with Gasteiger partial charge in [0.15, 0.2) is 3.98 Å². The van der Waals surface area contributed by atoms with Gasteiger partial charge in [0, 0.05) is 15.9 Å². The van der Waals surface area contributed by atoms with Crippen molar-refractivity contribution >= 4 is 32.1 Å². The molecule has 0 unspecified atom stereocenters. The first-order chi connectivity index (χ1) is 7.75. The highest BCUT2D eigenvalue weighted by Gasteiger charge is 1.96. The molecule has 86 valence electrons. The van der Waals surface area contributed by atoms with E-state index in [1.165, 1.54) is 13.4 Å². The summed E-state index contributed by atoms with van der Waals surface area (Å²) < 4.78 is 3.89. The molecule has 16 heavy (non-hydrogen) atoms. The molecule has 4 heteroatoms. The maximum atomic E-state index is 4.63. The smallest absolute Gasteiger partial charge is 0.167 e. The van der Waals surface area contributed by atoms with Crippen LogP contribution in [0.5, 0.6) is 0 Å². The molecule has 0 saturated heterocycles. The number of hydrogen-bond acceptors (Lipinski definition) is 4. The second kappa shape index (κ2) is 5.57. The van der Waals surface area contributed by atoms with E-state index in [1.807, 2.05) is 0 Å². The summed E-state index contributed by atoms with van der Waals surface area (Å²) in [5, 5.41) is 0. The molecule has 0 saturated carbocycles. The number of hydrogen-bond donors (Lipinski definition) is 0. The average molecular weight is 252 g/mol.